The van der Waals surface area contributed by atoms with Crippen LogP contribution in [0.15, 0.2) is 30.3 Å². The second kappa shape index (κ2) is 8.67. The van der Waals surface area contributed by atoms with Gasteiger partial charge < -0.3 is 4.90 Å². The lowest BCUT2D eigenvalue weighted by molar-refractivity contribution is -0.145. The molecule has 5 nitrogen and oxygen atoms in total. The summed E-state index contributed by atoms with van der Waals surface area (Å²) in [4.78, 5) is 6.56. The van der Waals surface area contributed by atoms with Crippen molar-refractivity contribution in [2.75, 3.05) is 11.4 Å². The molecule has 1 saturated carbocycles. The second-order valence-electron chi connectivity index (χ2n) is 10.0. The molecule has 10 heteroatoms. The van der Waals surface area contributed by atoms with E-state index in [4.69, 9.17) is 0 Å². The summed E-state index contributed by atoms with van der Waals surface area (Å²) in [6.45, 7) is 6.19. The molecule has 190 valence electrons. The molecule has 0 N–H and O–H groups in total. The Labute approximate surface area is 205 Å². The molecule has 3 heterocycles. The van der Waals surface area contributed by atoms with Crippen LogP contribution in [0.25, 0.3) is 16.7 Å². The highest BCUT2D eigenvalue weighted by Crippen LogP contribution is 2.52. The quantitative estimate of drug-likeness (QED) is 0.277. The number of nitrogens with zero attached hydrogens (tertiary/aromatic N) is 5. The van der Waals surface area contributed by atoms with Crippen LogP contribution in [0.1, 0.15) is 49.6 Å². The number of alkyl halides is 3. The Morgan fingerprint density at radius 1 is 1.03 bits per heavy atom. The van der Waals surface area contributed by atoms with Crippen LogP contribution in [-0.2, 0) is 6.42 Å². The molecular weight excluding hydrogens is 477 g/mol. The zero-order valence-corrected chi connectivity index (χ0v) is 20.3. The molecule has 2 aromatic carbocycles. The van der Waals surface area contributed by atoms with E-state index in [2.05, 4.69) is 28.2 Å². The summed E-state index contributed by atoms with van der Waals surface area (Å²) in [5.41, 5.74) is 3.51. The Kier molecular flexibility index (Phi) is 5.88. The Bertz CT molecular complexity index is 1450. The molecule has 1 aliphatic carbocycles. The van der Waals surface area contributed by atoms with Crippen molar-refractivity contribution in [3.8, 4) is 0 Å². The second-order valence-corrected chi connectivity index (χ2v) is 10.0. The van der Waals surface area contributed by atoms with Crippen molar-refractivity contribution >= 4 is 28.2 Å². The topological polar surface area (TPSA) is 46.3 Å². The highest BCUT2D eigenvalue weighted by molar-refractivity contribution is 5.94. The van der Waals surface area contributed by atoms with Gasteiger partial charge in [-0.1, -0.05) is 19.1 Å². The van der Waals surface area contributed by atoms with Gasteiger partial charge in [-0.25, -0.2) is 8.78 Å². The molecule has 0 spiro atoms. The van der Waals surface area contributed by atoms with Crippen LogP contribution in [0, 0.1) is 30.9 Å². The van der Waals surface area contributed by atoms with Crippen molar-refractivity contribution in [3.63, 3.8) is 0 Å². The van der Waals surface area contributed by atoms with Crippen molar-refractivity contribution in [1.82, 2.24) is 19.6 Å². The van der Waals surface area contributed by atoms with Gasteiger partial charge in [-0.05, 0) is 74.3 Å². The smallest absolute Gasteiger partial charge is 0.325 e. The average molecular weight is 504 g/mol. The lowest BCUT2D eigenvalue weighted by Gasteiger charge is -2.32. The molecule has 1 aliphatic heterocycles. The molecule has 0 unspecified atom stereocenters. The van der Waals surface area contributed by atoms with Crippen molar-refractivity contribution in [3.05, 3.63) is 58.9 Å². The molecule has 6 rings (SSSR count). The van der Waals surface area contributed by atoms with Gasteiger partial charge in [0.1, 0.15) is 11.6 Å². The fraction of sp³-hybridized carbons (Fsp3) is 0.423. The summed E-state index contributed by atoms with van der Waals surface area (Å²) in [5.74, 6) is -0.453. The molecular formula is C26H26F5N5. The molecule has 0 atom stereocenters. The fourth-order valence-corrected chi connectivity index (χ4v) is 4.88. The van der Waals surface area contributed by atoms with Crippen molar-refractivity contribution < 1.29 is 22.0 Å². The van der Waals surface area contributed by atoms with Crippen LogP contribution in [0.5, 0.6) is 0 Å². The van der Waals surface area contributed by atoms with E-state index in [1.807, 2.05) is 17.0 Å². The number of rotatable bonds is 2. The maximum atomic E-state index is 14.9. The molecule has 0 bridgehead atoms. The van der Waals surface area contributed by atoms with Crippen molar-refractivity contribution in [2.45, 2.75) is 59.1 Å². The molecule has 0 amide bonds. The first kappa shape index (κ1) is 24.4. The van der Waals surface area contributed by atoms with Crippen LogP contribution in [0.3, 0.4) is 0 Å². The third-order valence-corrected chi connectivity index (χ3v) is 7.02. The summed E-state index contributed by atoms with van der Waals surface area (Å²) in [6.07, 6.45) is -1.20. The number of anilines is 2. The normalized spacial score (nSPS) is 16.6. The fourth-order valence-electron chi connectivity index (χ4n) is 4.88. The Morgan fingerprint density at radius 2 is 1.78 bits per heavy atom. The lowest BCUT2D eigenvalue weighted by atomic mass is 9.97. The number of benzene rings is 2. The minimum absolute atomic E-state index is 0.153. The van der Waals surface area contributed by atoms with E-state index >= 15 is 0 Å². The van der Waals surface area contributed by atoms with E-state index in [9.17, 15) is 22.0 Å². The first-order valence-electron chi connectivity index (χ1n) is 11.9. The molecule has 4 aromatic rings. The van der Waals surface area contributed by atoms with Crippen LogP contribution >= 0.6 is 0 Å². The van der Waals surface area contributed by atoms with Gasteiger partial charge in [0, 0.05) is 18.7 Å². The minimum atomic E-state index is -3.95. The van der Waals surface area contributed by atoms with Crippen LogP contribution < -0.4 is 4.90 Å². The maximum Gasteiger partial charge on any atom is 0.389 e. The monoisotopic (exact) mass is 503 g/mol. The first-order chi connectivity index (χ1) is 17.0. The molecule has 1 fully saturated rings. The predicted octanol–water partition coefficient (Wildman–Crippen LogP) is 7.00. The third-order valence-electron chi connectivity index (χ3n) is 7.02. The van der Waals surface area contributed by atoms with Gasteiger partial charge >= 0.3 is 6.18 Å². The summed E-state index contributed by atoms with van der Waals surface area (Å²) in [6, 6.07) is 8.74. The first-order valence-corrected chi connectivity index (χ1v) is 11.9. The highest BCUT2D eigenvalue weighted by atomic mass is 19.4. The van der Waals surface area contributed by atoms with E-state index < -0.39 is 29.6 Å². The van der Waals surface area contributed by atoms with E-state index in [-0.39, 0.29) is 5.39 Å². The SMILES string of the molecule is CC1(CC(F)(F)F)CC1.Cc1cccc2c1CCCN2c1nc2nnc(C)n2c2ccc(F)c(F)c12. The van der Waals surface area contributed by atoms with Crippen molar-refractivity contribution in [1.29, 1.82) is 0 Å². The largest absolute Gasteiger partial charge is 0.389 e. The standard InChI is InChI=1S/C20H17F2N5.C6H9F3/c1-11-5-3-7-15-13(11)6-4-10-26(15)19-17-16(9-8-14(21)18(17)22)27-12(2)24-25-20(27)23-19;1-5(2-3-5)4-6(7,8)9/h3,5,7-9H,4,6,10H2,1-2H3;2-4H2,1H3. The van der Waals surface area contributed by atoms with E-state index in [0.29, 0.717) is 29.5 Å². The van der Waals surface area contributed by atoms with Gasteiger partial charge in [0.25, 0.3) is 5.78 Å². The zero-order chi connectivity index (χ0) is 25.8. The summed E-state index contributed by atoms with van der Waals surface area (Å²) >= 11 is 0. The van der Waals surface area contributed by atoms with Gasteiger partial charge in [-0.15, -0.1) is 10.2 Å². The molecule has 36 heavy (non-hydrogen) atoms. The maximum absolute atomic E-state index is 14.9. The molecule has 2 aromatic heterocycles. The Morgan fingerprint density at radius 3 is 2.44 bits per heavy atom. The molecule has 0 radical (unpaired) electrons. The van der Waals surface area contributed by atoms with Gasteiger partial charge in [0.2, 0.25) is 0 Å². The van der Waals surface area contributed by atoms with Gasteiger partial charge in [0.05, 0.1) is 10.9 Å². The number of halogens is 5. The van der Waals surface area contributed by atoms with Crippen molar-refractivity contribution in [2.24, 2.45) is 5.41 Å². The van der Waals surface area contributed by atoms with Crippen LogP contribution in [-0.4, -0.2) is 32.3 Å². The minimum Gasteiger partial charge on any atom is -0.325 e. The van der Waals surface area contributed by atoms with E-state index in [1.54, 1.807) is 24.3 Å². The van der Waals surface area contributed by atoms with Gasteiger partial charge in [-0.2, -0.15) is 18.2 Å². The molecule has 0 saturated heterocycles. The van der Waals surface area contributed by atoms with Crippen LogP contribution in [0.4, 0.5) is 33.5 Å². The average Bonchev–Trinajstić information content (AvgIpc) is 3.41. The Balaban J connectivity index is 0.000000252. The highest BCUT2D eigenvalue weighted by Gasteiger charge is 2.46. The Hall–Kier alpha value is -3.30. The third kappa shape index (κ3) is 4.49. The van der Waals surface area contributed by atoms with Crippen LogP contribution in [0.2, 0.25) is 0 Å². The van der Waals surface area contributed by atoms with Gasteiger partial charge in [0.15, 0.2) is 11.6 Å². The van der Waals surface area contributed by atoms with Gasteiger partial charge in [-0.3, -0.25) is 4.40 Å². The number of aromatic nitrogens is 4. The number of hydrogen-bond acceptors (Lipinski definition) is 4. The molecule has 2 aliphatic rings. The summed E-state index contributed by atoms with van der Waals surface area (Å²) < 4.78 is 65.5. The number of fused-ring (bicyclic) bond motifs is 4. The summed E-state index contributed by atoms with van der Waals surface area (Å²) in [5, 5.41) is 8.32. The predicted molar refractivity (Wildman–Crippen MR) is 127 cm³/mol. The summed E-state index contributed by atoms with van der Waals surface area (Å²) in [7, 11) is 0. The lowest BCUT2D eigenvalue weighted by Crippen LogP contribution is -2.26. The van der Waals surface area contributed by atoms with E-state index in [1.165, 1.54) is 11.1 Å². The zero-order valence-electron chi connectivity index (χ0n) is 20.3. The number of aryl methyl sites for hydroxylation is 2. The number of hydrogen-bond donors (Lipinski definition) is 0. The van der Waals surface area contributed by atoms with E-state index in [0.717, 1.165) is 37.4 Å².